The lowest BCUT2D eigenvalue weighted by atomic mass is 10.1. The van der Waals surface area contributed by atoms with Crippen LogP contribution in [0.1, 0.15) is 43.5 Å². The fraction of sp³-hybridized carbons (Fsp3) is 0.364. The molecule has 0 bridgehead atoms. The van der Waals surface area contributed by atoms with Crippen LogP contribution in [0.3, 0.4) is 0 Å². The van der Waals surface area contributed by atoms with Gasteiger partial charge in [-0.2, -0.15) is 0 Å². The molecule has 1 N–H and O–H groups in total. The van der Waals surface area contributed by atoms with Crippen molar-refractivity contribution >= 4 is 39.7 Å². The summed E-state index contributed by atoms with van der Waals surface area (Å²) in [4.78, 5) is 16.0. The summed E-state index contributed by atoms with van der Waals surface area (Å²) in [5, 5.41) is 4.00. The number of piperidine rings is 1. The molecule has 0 unspecified atom stereocenters. The third kappa shape index (κ3) is 7.94. The van der Waals surface area contributed by atoms with Gasteiger partial charge in [-0.3, -0.25) is 9.69 Å². The quantitative estimate of drug-likeness (QED) is 0.190. The SMILES string of the molecule is COc1ccc2c(Oc3ccc(OCCN4CCCCC4)cc3)c(-c3ccc(C(=O)NCC(C)C)cc3)sc2c1.Cl. The van der Waals surface area contributed by atoms with Crippen molar-refractivity contribution in [2.24, 2.45) is 5.92 Å². The van der Waals surface area contributed by atoms with E-state index in [1.807, 2.05) is 66.7 Å². The fourth-order valence-electron chi connectivity index (χ4n) is 4.84. The Kier molecular flexibility index (Phi) is 10.9. The van der Waals surface area contributed by atoms with Crippen LogP contribution in [-0.2, 0) is 0 Å². The van der Waals surface area contributed by atoms with Crippen LogP contribution in [0.15, 0.2) is 66.7 Å². The third-order valence-corrected chi connectivity index (χ3v) is 8.28. The van der Waals surface area contributed by atoms with Crippen molar-refractivity contribution in [3.05, 3.63) is 72.3 Å². The summed E-state index contributed by atoms with van der Waals surface area (Å²) in [5.74, 6) is 3.52. The first-order valence-corrected chi connectivity index (χ1v) is 14.9. The highest BCUT2D eigenvalue weighted by Gasteiger charge is 2.18. The molecule has 0 spiro atoms. The first-order valence-electron chi connectivity index (χ1n) is 14.1. The van der Waals surface area contributed by atoms with Gasteiger partial charge in [-0.1, -0.05) is 32.4 Å². The molecule has 4 aromatic rings. The maximum atomic E-state index is 12.5. The second kappa shape index (κ2) is 14.6. The second-order valence-corrected chi connectivity index (χ2v) is 11.7. The average molecular weight is 595 g/mol. The maximum absolute atomic E-state index is 12.5. The summed E-state index contributed by atoms with van der Waals surface area (Å²) < 4.78 is 19.1. The molecule has 1 saturated heterocycles. The Labute approximate surface area is 253 Å². The Morgan fingerprint density at radius 2 is 1.61 bits per heavy atom. The highest BCUT2D eigenvalue weighted by molar-refractivity contribution is 7.22. The summed E-state index contributed by atoms with van der Waals surface area (Å²) >= 11 is 1.65. The molecule has 0 aliphatic carbocycles. The number of thiophene rings is 1. The standard InChI is InChI=1S/C33H38N2O4S.ClH/c1-23(2)22-34-33(36)25-9-7-24(8-10-25)32-31(29-16-15-28(37-3)21-30(29)40-32)39-27-13-11-26(12-14-27)38-20-19-35-17-5-4-6-18-35;/h7-16,21,23H,4-6,17-20,22H2,1-3H3,(H,34,36);1H. The van der Waals surface area contributed by atoms with Crippen molar-refractivity contribution in [1.29, 1.82) is 0 Å². The molecule has 218 valence electrons. The minimum Gasteiger partial charge on any atom is -0.497 e. The van der Waals surface area contributed by atoms with E-state index in [2.05, 4.69) is 24.1 Å². The molecule has 41 heavy (non-hydrogen) atoms. The summed E-state index contributed by atoms with van der Waals surface area (Å²) in [5.41, 5.74) is 1.64. The molecule has 1 aromatic heterocycles. The van der Waals surface area contributed by atoms with Crippen LogP contribution in [0.25, 0.3) is 20.5 Å². The number of nitrogens with zero attached hydrogens (tertiary/aromatic N) is 1. The van der Waals surface area contributed by atoms with E-state index >= 15 is 0 Å². The molecule has 2 heterocycles. The molecule has 6 nitrogen and oxygen atoms in total. The number of rotatable bonds is 11. The van der Waals surface area contributed by atoms with Crippen molar-refractivity contribution in [3.63, 3.8) is 0 Å². The van der Waals surface area contributed by atoms with Crippen LogP contribution >= 0.6 is 23.7 Å². The summed E-state index contributed by atoms with van der Waals surface area (Å²) in [6, 6.07) is 21.6. The van der Waals surface area contributed by atoms with Crippen molar-refractivity contribution in [1.82, 2.24) is 10.2 Å². The van der Waals surface area contributed by atoms with Crippen LogP contribution < -0.4 is 19.5 Å². The van der Waals surface area contributed by atoms with Crippen LogP contribution in [0.2, 0.25) is 0 Å². The monoisotopic (exact) mass is 594 g/mol. The molecule has 0 radical (unpaired) electrons. The van der Waals surface area contributed by atoms with Crippen LogP contribution in [-0.4, -0.2) is 50.7 Å². The normalized spacial score (nSPS) is 13.6. The van der Waals surface area contributed by atoms with E-state index in [0.717, 1.165) is 50.1 Å². The largest absolute Gasteiger partial charge is 0.497 e. The Bertz CT molecular complexity index is 1410. The van der Waals surface area contributed by atoms with E-state index in [0.29, 0.717) is 24.6 Å². The van der Waals surface area contributed by atoms with Gasteiger partial charge in [0, 0.05) is 28.7 Å². The lowest BCUT2D eigenvalue weighted by molar-refractivity contribution is 0.0949. The summed E-state index contributed by atoms with van der Waals surface area (Å²) in [7, 11) is 1.67. The van der Waals surface area contributed by atoms with Gasteiger partial charge in [0.05, 0.1) is 12.0 Å². The van der Waals surface area contributed by atoms with Crippen molar-refractivity contribution < 1.29 is 19.0 Å². The molecular weight excluding hydrogens is 556 g/mol. The summed E-state index contributed by atoms with van der Waals surface area (Å²) in [6.45, 7) is 8.81. The number of carbonyl (C=O) groups is 1. The Hall–Kier alpha value is -3.26. The minimum atomic E-state index is -0.0592. The smallest absolute Gasteiger partial charge is 0.251 e. The fourth-order valence-corrected chi connectivity index (χ4v) is 6.00. The number of benzene rings is 3. The first kappa shape index (κ1) is 30.7. The van der Waals surface area contributed by atoms with Crippen LogP contribution in [0.4, 0.5) is 0 Å². The number of halogens is 1. The lowest BCUT2D eigenvalue weighted by Gasteiger charge is -2.26. The topological polar surface area (TPSA) is 60.0 Å². The van der Waals surface area contributed by atoms with Gasteiger partial charge in [-0.25, -0.2) is 0 Å². The average Bonchev–Trinajstić information content (AvgIpc) is 3.34. The predicted molar refractivity (Wildman–Crippen MR) is 171 cm³/mol. The number of hydrogen-bond acceptors (Lipinski definition) is 6. The van der Waals surface area contributed by atoms with Gasteiger partial charge in [0.1, 0.15) is 23.9 Å². The number of fused-ring (bicyclic) bond motifs is 1. The highest BCUT2D eigenvalue weighted by atomic mass is 35.5. The van der Waals surface area contributed by atoms with E-state index in [1.165, 1.54) is 32.4 Å². The van der Waals surface area contributed by atoms with Gasteiger partial charge >= 0.3 is 0 Å². The molecule has 1 fully saturated rings. The third-order valence-electron chi connectivity index (χ3n) is 7.10. The maximum Gasteiger partial charge on any atom is 0.251 e. The molecule has 1 aliphatic rings. The molecule has 1 aliphatic heterocycles. The van der Waals surface area contributed by atoms with Gasteiger partial charge in [-0.15, -0.1) is 23.7 Å². The molecule has 8 heteroatoms. The Balaban J connectivity index is 0.00000387. The van der Waals surface area contributed by atoms with E-state index in [4.69, 9.17) is 14.2 Å². The van der Waals surface area contributed by atoms with E-state index in [9.17, 15) is 4.79 Å². The lowest BCUT2D eigenvalue weighted by Crippen LogP contribution is -2.33. The van der Waals surface area contributed by atoms with Gasteiger partial charge in [0.2, 0.25) is 0 Å². The van der Waals surface area contributed by atoms with Crippen molar-refractivity contribution in [2.45, 2.75) is 33.1 Å². The number of likely N-dealkylation sites (tertiary alicyclic amines) is 1. The molecule has 1 amide bonds. The number of amides is 1. The van der Waals surface area contributed by atoms with Crippen molar-refractivity contribution in [2.75, 3.05) is 39.9 Å². The molecule has 0 atom stereocenters. The van der Waals surface area contributed by atoms with Gasteiger partial charge in [-0.05, 0) is 92.0 Å². The van der Waals surface area contributed by atoms with Gasteiger partial charge < -0.3 is 19.5 Å². The number of methoxy groups -OCH3 is 1. The second-order valence-electron chi connectivity index (χ2n) is 10.6. The zero-order valence-corrected chi connectivity index (χ0v) is 25.6. The first-order chi connectivity index (χ1) is 19.5. The van der Waals surface area contributed by atoms with Crippen LogP contribution in [0.5, 0.6) is 23.0 Å². The number of nitrogens with one attached hydrogen (secondary N) is 1. The van der Waals surface area contributed by atoms with E-state index in [1.54, 1.807) is 18.4 Å². The van der Waals surface area contributed by atoms with Gasteiger partial charge in [0.15, 0.2) is 5.75 Å². The zero-order chi connectivity index (χ0) is 27.9. The molecule has 3 aromatic carbocycles. The van der Waals surface area contributed by atoms with Gasteiger partial charge in [0.25, 0.3) is 5.91 Å². The number of carbonyl (C=O) groups excluding carboxylic acids is 1. The molecule has 5 rings (SSSR count). The molecular formula is C33H39ClN2O4S. The number of hydrogen-bond donors (Lipinski definition) is 1. The van der Waals surface area contributed by atoms with E-state index in [-0.39, 0.29) is 18.3 Å². The predicted octanol–water partition coefficient (Wildman–Crippen LogP) is 8.04. The zero-order valence-electron chi connectivity index (χ0n) is 24.0. The van der Waals surface area contributed by atoms with E-state index < -0.39 is 0 Å². The van der Waals surface area contributed by atoms with Crippen molar-refractivity contribution in [3.8, 4) is 33.4 Å². The number of ether oxygens (including phenoxy) is 3. The molecule has 0 saturated carbocycles. The Morgan fingerprint density at radius 1 is 0.927 bits per heavy atom. The Morgan fingerprint density at radius 3 is 2.29 bits per heavy atom. The summed E-state index contributed by atoms with van der Waals surface area (Å²) in [6.07, 6.45) is 3.92. The highest BCUT2D eigenvalue weighted by Crippen LogP contribution is 2.47. The minimum absolute atomic E-state index is 0. The van der Waals surface area contributed by atoms with Crippen LogP contribution in [0, 0.1) is 5.92 Å².